The normalized spacial score (nSPS) is 14.7. The number of sulfonamides is 1. The predicted molar refractivity (Wildman–Crippen MR) is 109 cm³/mol. The summed E-state index contributed by atoms with van der Waals surface area (Å²) in [6.07, 6.45) is 2.35. The minimum absolute atomic E-state index is 0.146. The van der Waals surface area contributed by atoms with E-state index in [2.05, 4.69) is 33.7 Å². The Morgan fingerprint density at radius 1 is 1.14 bits per heavy atom. The van der Waals surface area contributed by atoms with Crippen molar-refractivity contribution < 1.29 is 8.42 Å². The standard InChI is InChI=1S/C17H21N7O2S2/c1-12-20-15(11-16(21-12)24-9-2-3-10-24)18-7-8-19-28(25,26)14-6-4-5-13-17(14)23-27-22-13/h4-6,11,19H,2-3,7-10H2,1H3,(H,18,20,21). The summed E-state index contributed by atoms with van der Waals surface area (Å²) in [5.74, 6) is 2.30. The van der Waals surface area contributed by atoms with Gasteiger partial charge in [-0.3, -0.25) is 0 Å². The molecule has 1 aliphatic rings. The molecule has 0 spiro atoms. The lowest BCUT2D eigenvalue weighted by molar-refractivity contribution is 0.583. The molecular formula is C17H21N7O2S2. The number of aromatic nitrogens is 4. The summed E-state index contributed by atoms with van der Waals surface area (Å²) >= 11 is 0.999. The van der Waals surface area contributed by atoms with E-state index >= 15 is 0 Å². The lowest BCUT2D eigenvalue weighted by Gasteiger charge is -2.17. The molecule has 3 aromatic rings. The highest BCUT2D eigenvalue weighted by atomic mass is 32.2. The summed E-state index contributed by atoms with van der Waals surface area (Å²) < 4.78 is 36.0. The van der Waals surface area contributed by atoms with E-state index in [1.54, 1.807) is 12.1 Å². The van der Waals surface area contributed by atoms with Gasteiger partial charge in [0, 0.05) is 32.2 Å². The van der Waals surface area contributed by atoms with Gasteiger partial charge in [0.15, 0.2) is 0 Å². The molecule has 1 aliphatic heterocycles. The Kier molecular flexibility index (Phi) is 5.38. The Balaban J connectivity index is 1.38. The van der Waals surface area contributed by atoms with Gasteiger partial charge in [-0.1, -0.05) is 6.07 Å². The van der Waals surface area contributed by atoms with Crippen LogP contribution < -0.4 is 14.9 Å². The molecule has 1 fully saturated rings. The minimum Gasteiger partial charge on any atom is -0.369 e. The van der Waals surface area contributed by atoms with Crippen molar-refractivity contribution in [3.63, 3.8) is 0 Å². The molecule has 1 saturated heterocycles. The van der Waals surface area contributed by atoms with Gasteiger partial charge in [0.25, 0.3) is 0 Å². The lowest BCUT2D eigenvalue weighted by Crippen LogP contribution is -2.29. The molecule has 28 heavy (non-hydrogen) atoms. The average molecular weight is 420 g/mol. The van der Waals surface area contributed by atoms with Crippen LogP contribution in [0.2, 0.25) is 0 Å². The summed E-state index contributed by atoms with van der Waals surface area (Å²) in [5.41, 5.74) is 0.978. The first-order valence-electron chi connectivity index (χ1n) is 9.08. The number of nitrogens with zero attached hydrogens (tertiary/aromatic N) is 5. The van der Waals surface area contributed by atoms with Gasteiger partial charge < -0.3 is 10.2 Å². The number of hydrogen-bond acceptors (Lipinski definition) is 9. The van der Waals surface area contributed by atoms with E-state index < -0.39 is 10.0 Å². The number of aryl methyl sites for hydroxylation is 1. The average Bonchev–Trinajstić information content (AvgIpc) is 3.36. The van der Waals surface area contributed by atoms with Gasteiger partial charge in [-0.05, 0) is 31.9 Å². The third-order valence-corrected chi connectivity index (χ3v) is 6.55. The fraction of sp³-hybridized carbons (Fsp3) is 0.412. The van der Waals surface area contributed by atoms with Crippen molar-refractivity contribution in [2.24, 2.45) is 0 Å². The Hall–Kier alpha value is -2.37. The second-order valence-electron chi connectivity index (χ2n) is 6.57. The fourth-order valence-electron chi connectivity index (χ4n) is 3.20. The molecule has 2 N–H and O–H groups in total. The van der Waals surface area contributed by atoms with E-state index in [4.69, 9.17) is 0 Å². The van der Waals surface area contributed by atoms with Crippen LogP contribution in [0.5, 0.6) is 0 Å². The topological polar surface area (TPSA) is 113 Å². The summed E-state index contributed by atoms with van der Waals surface area (Å²) in [5, 5.41) is 3.17. The maximum absolute atomic E-state index is 12.6. The highest BCUT2D eigenvalue weighted by molar-refractivity contribution is 7.89. The van der Waals surface area contributed by atoms with Gasteiger partial charge in [0.2, 0.25) is 10.0 Å². The fourth-order valence-corrected chi connectivity index (χ4v) is 5.00. The van der Waals surface area contributed by atoms with Gasteiger partial charge >= 0.3 is 0 Å². The van der Waals surface area contributed by atoms with E-state index in [0.717, 1.165) is 30.6 Å². The van der Waals surface area contributed by atoms with Crippen molar-refractivity contribution in [3.05, 3.63) is 30.1 Å². The zero-order valence-electron chi connectivity index (χ0n) is 15.4. The van der Waals surface area contributed by atoms with Crippen LogP contribution in [-0.4, -0.2) is 53.3 Å². The van der Waals surface area contributed by atoms with E-state index in [-0.39, 0.29) is 11.4 Å². The number of anilines is 2. The molecule has 3 heterocycles. The number of hydrogen-bond donors (Lipinski definition) is 2. The summed E-state index contributed by atoms with van der Waals surface area (Å²) in [6, 6.07) is 6.86. The Bertz CT molecular complexity index is 1080. The summed E-state index contributed by atoms with van der Waals surface area (Å²) in [6.45, 7) is 4.49. The predicted octanol–water partition coefficient (Wildman–Crippen LogP) is 1.78. The number of rotatable bonds is 7. The van der Waals surface area contributed by atoms with Crippen LogP contribution >= 0.6 is 11.7 Å². The van der Waals surface area contributed by atoms with E-state index in [1.807, 2.05) is 13.0 Å². The van der Waals surface area contributed by atoms with E-state index in [0.29, 0.717) is 29.2 Å². The first-order valence-corrected chi connectivity index (χ1v) is 11.3. The second-order valence-corrected chi connectivity index (χ2v) is 8.83. The molecule has 0 amide bonds. The molecule has 0 radical (unpaired) electrons. The molecule has 148 valence electrons. The first kappa shape index (κ1) is 19.0. The van der Waals surface area contributed by atoms with Gasteiger partial charge in [-0.2, -0.15) is 8.75 Å². The summed E-state index contributed by atoms with van der Waals surface area (Å²) in [7, 11) is -3.67. The van der Waals surface area contributed by atoms with Crippen LogP contribution in [0.25, 0.3) is 11.0 Å². The van der Waals surface area contributed by atoms with E-state index in [9.17, 15) is 8.42 Å². The molecule has 11 heteroatoms. The first-order chi connectivity index (χ1) is 13.5. The van der Waals surface area contributed by atoms with Crippen LogP contribution in [0.3, 0.4) is 0 Å². The van der Waals surface area contributed by atoms with Crippen LogP contribution in [0.15, 0.2) is 29.2 Å². The highest BCUT2D eigenvalue weighted by Gasteiger charge is 2.19. The third-order valence-electron chi connectivity index (χ3n) is 4.52. The van der Waals surface area contributed by atoms with Gasteiger partial charge in [-0.25, -0.2) is 23.1 Å². The Morgan fingerprint density at radius 2 is 1.96 bits per heavy atom. The third kappa shape index (κ3) is 4.05. The molecule has 0 unspecified atom stereocenters. The second kappa shape index (κ2) is 7.94. The van der Waals surface area contributed by atoms with Crippen molar-refractivity contribution in [1.29, 1.82) is 0 Å². The Morgan fingerprint density at radius 3 is 2.79 bits per heavy atom. The van der Waals surface area contributed by atoms with Crippen LogP contribution in [0.1, 0.15) is 18.7 Å². The number of fused-ring (bicyclic) bond motifs is 1. The van der Waals surface area contributed by atoms with Crippen molar-refractivity contribution in [2.45, 2.75) is 24.7 Å². The van der Waals surface area contributed by atoms with Crippen molar-refractivity contribution in [2.75, 3.05) is 36.4 Å². The highest BCUT2D eigenvalue weighted by Crippen LogP contribution is 2.21. The molecular weight excluding hydrogens is 398 g/mol. The number of benzene rings is 1. The lowest BCUT2D eigenvalue weighted by atomic mass is 10.3. The molecule has 4 rings (SSSR count). The van der Waals surface area contributed by atoms with Crippen molar-refractivity contribution in [1.82, 2.24) is 23.4 Å². The van der Waals surface area contributed by atoms with Crippen LogP contribution in [-0.2, 0) is 10.0 Å². The molecule has 0 atom stereocenters. The Labute approximate surface area is 167 Å². The smallest absolute Gasteiger partial charge is 0.242 e. The maximum Gasteiger partial charge on any atom is 0.242 e. The SMILES string of the molecule is Cc1nc(NCCNS(=O)(=O)c2cccc3nsnc23)cc(N2CCCC2)n1. The quantitative estimate of drug-likeness (QED) is 0.557. The van der Waals surface area contributed by atoms with Crippen LogP contribution in [0, 0.1) is 6.92 Å². The molecule has 0 saturated carbocycles. The van der Waals surface area contributed by atoms with Crippen LogP contribution in [0.4, 0.5) is 11.6 Å². The molecule has 0 bridgehead atoms. The van der Waals surface area contributed by atoms with Gasteiger partial charge in [0.05, 0.1) is 11.7 Å². The summed E-state index contributed by atoms with van der Waals surface area (Å²) in [4.78, 5) is 11.3. The largest absolute Gasteiger partial charge is 0.369 e. The molecule has 9 nitrogen and oxygen atoms in total. The van der Waals surface area contributed by atoms with Gasteiger partial charge in [-0.15, -0.1) is 0 Å². The van der Waals surface area contributed by atoms with Crippen molar-refractivity contribution in [3.8, 4) is 0 Å². The van der Waals surface area contributed by atoms with E-state index in [1.165, 1.54) is 18.9 Å². The monoisotopic (exact) mass is 419 g/mol. The zero-order chi connectivity index (χ0) is 19.6. The zero-order valence-corrected chi connectivity index (χ0v) is 17.1. The molecule has 1 aromatic carbocycles. The minimum atomic E-state index is -3.67. The molecule has 2 aromatic heterocycles. The molecule has 0 aliphatic carbocycles. The number of nitrogens with one attached hydrogen (secondary N) is 2. The van der Waals surface area contributed by atoms with Crippen molar-refractivity contribution >= 4 is 44.4 Å². The maximum atomic E-state index is 12.6. The van der Waals surface area contributed by atoms with Gasteiger partial charge in [0.1, 0.15) is 33.4 Å².